The Morgan fingerprint density at radius 3 is 2.52 bits per heavy atom. The van der Waals surface area contributed by atoms with E-state index in [1.807, 2.05) is 13.1 Å². The van der Waals surface area contributed by atoms with Crippen molar-refractivity contribution in [3.05, 3.63) is 35.9 Å². The van der Waals surface area contributed by atoms with Crippen molar-refractivity contribution in [3.8, 4) is 0 Å². The SMILES string of the molecule is CNC1(c2ccccc2)CCC2(CC1)CN(CC(=O)O)C(O)N2. The average molecular weight is 319 g/mol. The lowest BCUT2D eigenvalue weighted by atomic mass is 9.69. The van der Waals surface area contributed by atoms with Crippen LogP contribution in [0.3, 0.4) is 0 Å². The molecule has 3 rings (SSSR count). The highest BCUT2D eigenvalue weighted by atomic mass is 16.4. The summed E-state index contributed by atoms with van der Waals surface area (Å²) >= 11 is 0. The number of aliphatic hydroxyl groups is 1. The summed E-state index contributed by atoms with van der Waals surface area (Å²) in [5, 5.41) is 25.8. The molecule has 1 spiro atoms. The first-order valence-corrected chi connectivity index (χ1v) is 8.15. The number of hydrogen-bond donors (Lipinski definition) is 4. The second-order valence-corrected chi connectivity index (χ2v) is 6.80. The molecule has 1 aromatic carbocycles. The van der Waals surface area contributed by atoms with E-state index >= 15 is 0 Å². The Morgan fingerprint density at radius 2 is 1.96 bits per heavy atom. The van der Waals surface area contributed by atoms with Gasteiger partial charge in [-0.25, -0.2) is 0 Å². The number of aliphatic carboxylic acids is 1. The second-order valence-electron chi connectivity index (χ2n) is 6.80. The first-order chi connectivity index (χ1) is 11.0. The molecular formula is C17H25N3O3. The van der Waals surface area contributed by atoms with Crippen LogP contribution in [-0.2, 0) is 10.3 Å². The molecule has 1 aliphatic carbocycles. The molecule has 2 aliphatic rings. The molecule has 2 fully saturated rings. The monoisotopic (exact) mass is 319 g/mol. The number of nitrogens with zero attached hydrogens (tertiary/aromatic N) is 1. The van der Waals surface area contributed by atoms with Gasteiger partial charge in [0.05, 0.1) is 6.54 Å². The van der Waals surface area contributed by atoms with Crippen LogP contribution in [-0.4, -0.2) is 53.1 Å². The van der Waals surface area contributed by atoms with E-state index in [1.54, 1.807) is 4.90 Å². The number of rotatable bonds is 4. The molecule has 1 heterocycles. The van der Waals surface area contributed by atoms with Gasteiger partial charge in [-0.3, -0.25) is 15.0 Å². The van der Waals surface area contributed by atoms with Crippen LogP contribution in [0.5, 0.6) is 0 Å². The molecule has 1 saturated heterocycles. The molecule has 0 radical (unpaired) electrons. The Labute approximate surface area is 136 Å². The van der Waals surface area contributed by atoms with E-state index in [-0.39, 0.29) is 17.6 Å². The molecule has 1 aromatic rings. The van der Waals surface area contributed by atoms with Gasteiger partial charge in [0.2, 0.25) is 0 Å². The van der Waals surface area contributed by atoms with E-state index in [1.165, 1.54) is 5.56 Å². The van der Waals surface area contributed by atoms with Gasteiger partial charge in [0.25, 0.3) is 0 Å². The van der Waals surface area contributed by atoms with Crippen LogP contribution < -0.4 is 10.6 Å². The summed E-state index contributed by atoms with van der Waals surface area (Å²) in [6.07, 6.45) is 2.83. The van der Waals surface area contributed by atoms with Gasteiger partial charge in [-0.15, -0.1) is 0 Å². The first-order valence-electron chi connectivity index (χ1n) is 8.15. The second kappa shape index (κ2) is 6.20. The first kappa shape index (κ1) is 16.4. The predicted molar refractivity (Wildman–Crippen MR) is 86.7 cm³/mol. The zero-order chi connectivity index (χ0) is 16.5. The van der Waals surface area contributed by atoms with Gasteiger partial charge in [-0.1, -0.05) is 30.3 Å². The lowest BCUT2D eigenvalue weighted by Gasteiger charge is -2.45. The lowest BCUT2D eigenvalue weighted by Crippen LogP contribution is -2.54. The number of aliphatic hydroxyl groups excluding tert-OH is 1. The summed E-state index contributed by atoms with van der Waals surface area (Å²) in [6, 6.07) is 10.5. The molecule has 6 heteroatoms. The fraction of sp³-hybridized carbons (Fsp3) is 0.588. The third-order valence-electron chi connectivity index (χ3n) is 5.49. The van der Waals surface area contributed by atoms with Gasteiger partial charge < -0.3 is 15.5 Å². The summed E-state index contributed by atoms with van der Waals surface area (Å²) in [5.41, 5.74) is 1.06. The van der Waals surface area contributed by atoms with E-state index in [2.05, 4.69) is 34.9 Å². The zero-order valence-corrected chi connectivity index (χ0v) is 13.5. The average Bonchev–Trinajstić information content (AvgIpc) is 2.84. The molecule has 6 nitrogen and oxygen atoms in total. The Kier molecular flexibility index (Phi) is 4.42. The third kappa shape index (κ3) is 3.12. The van der Waals surface area contributed by atoms with Crippen molar-refractivity contribution in [2.45, 2.75) is 43.1 Å². The van der Waals surface area contributed by atoms with Crippen LogP contribution in [0.1, 0.15) is 31.2 Å². The molecule has 0 amide bonds. The molecule has 1 aliphatic heterocycles. The van der Waals surface area contributed by atoms with Crippen LogP contribution >= 0.6 is 0 Å². The number of carboxylic acids is 1. The summed E-state index contributed by atoms with van der Waals surface area (Å²) in [4.78, 5) is 12.5. The number of nitrogens with one attached hydrogen (secondary N) is 2. The maximum Gasteiger partial charge on any atom is 0.317 e. The normalized spacial score (nSPS) is 34.8. The molecule has 23 heavy (non-hydrogen) atoms. The minimum Gasteiger partial charge on any atom is -0.480 e. The van der Waals surface area contributed by atoms with Gasteiger partial charge in [0, 0.05) is 17.6 Å². The van der Waals surface area contributed by atoms with E-state index < -0.39 is 12.3 Å². The molecule has 1 saturated carbocycles. The van der Waals surface area contributed by atoms with Gasteiger partial charge in [-0.05, 0) is 38.3 Å². The quantitative estimate of drug-likeness (QED) is 0.653. The van der Waals surface area contributed by atoms with E-state index in [0.29, 0.717) is 6.54 Å². The van der Waals surface area contributed by atoms with E-state index in [9.17, 15) is 9.90 Å². The fourth-order valence-electron chi connectivity index (χ4n) is 4.10. The van der Waals surface area contributed by atoms with Gasteiger partial charge >= 0.3 is 5.97 Å². The minimum atomic E-state index is -0.910. The van der Waals surface area contributed by atoms with Gasteiger partial charge in [0.15, 0.2) is 6.35 Å². The Bertz CT molecular complexity index is 555. The smallest absolute Gasteiger partial charge is 0.317 e. The number of carboxylic acid groups (broad SMARTS) is 1. The summed E-state index contributed by atoms with van der Waals surface area (Å²) < 4.78 is 0. The van der Waals surface area contributed by atoms with Crippen molar-refractivity contribution >= 4 is 5.97 Å². The number of carbonyl (C=O) groups is 1. The Morgan fingerprint density at radius 1 is 1.30 bits per heavy atom. The van der Waals surface area contributed by atoms with Crippen molar-refractivity contribution in [1.29, 1.82) is 0 Å². The zero-order valence-electron chi connectivity index (χ0n) is 13.5. The topological polar surface area (TPSA) is 84.8 Å². The van der Waals surface area contributed by atoms with Crippen LogP contribution in [0.15, 0.2) is 30.3 Å². The predicted octanol–water partition coefficient (Wildman–Crippen LogP) is 0.680. The standard InChI is InChI=1S/C17H25N3O3/c1-18-17(13-5-3-2-4-6-13)9-7-16(8-10-17)12-20(11-14(21)22)15(23)19-16/h2-6,15,18-19,23H,7-12H2,1H3,(H,21,22). The fourth-order valence-corrected chi connectivity index (χ4v) is 4.10. The van der Waals surface area contributed by atoms with Crippen molar-refractivity contribution in [3.63, 3.8) is 0 Å². The molecular weight excluding hydrogens is 294 g/mol. The lowest BCUT2D eigenvalue weighted by molar-refractivity contribution is -0.140. The van der Waals surface area contributed by atoms with Crippen molar-refractivity contribution in [2.75, 3.05) is 20.1 Å². The highest BCUT2D eigenvalue weighted by Gasteiger charge is 2.48. The molecule has 0 aromatic heterocycles. The molecule has 1 atom stereocenters. The summed E-state index contributed by atoms with van der Waals surface area (Å²) in [5.74, 6) is -0.910. The Hall–Kier alpha value is -1.47. The number of benzene rings is 1. The highest BCUT2D eigenvalue weighted by molar-refractivity contribution is 5.69. The van der Waals surface area contributed by atoms with Gasteiger partial charge in [0.1, 0.15) is 0 Å². The van der Waals surface area contributed by atoms with Crippen LogP contribution in [0.25, 0.3) is 0 Å². The maximum absolute atomic E-state index is 10.9. The maximum atomic E-state index is 10.9. The molecule has 126 valence electrons. The Balaban J connectivity index is 1.72. The van der Waals surface area contributed by atoms with Crippen molar-refractivity contribution in [2.24, 2.45) is 0 Å². The van der Waals surface area contributed by atoms with Crippen molar-refractivity contribution < 1.29 is 15.0 Å². The number of hydrogen-bond acceptors (Lipinski definition) is 5. The molecule has 4 N–H and O–H groups in total. The molecule has 0 bridgehead atoms. The van der Waals surface area contributed by atoms with Crippen LogP contribution in [0.2, 0.25) is 0 Å². The summed E-state index contributed by atoms with van der Waals surface area (Å²) in [6.45, 7) is 0.445. The highest BCUT2D eigenvalue weighted by Crippen LogP contribution is 2.43. The minimum absolute atomic E-state index is 0.0423. The molecule has 1 unspecified atom stereocenters. The van der Waals surface area contributed by atoms with Crippen LogP contribution in [0.4, 0.5) is 0 Å². The van der Waals surface area contributed by atoms with Gasteiger partial charge in [-0.2, -0.15) is 0 Å². The third-order valence-corrected chi connectivity index (χ3v) is 5.49. The van der Waals surface area contributed by atoms with Crippen LogP contribution in [0, 0.1) is 0 Å². The summed E-state index contributed by atoms with van der Waals surface area (Å²) in [7, 11) is 2.00. The van der Waals surface area contributed by atoms with E-state index in [0.717, 1.165) is 25.7 Å². The largest absolute Gasteiger partial charge is 0.480 e. The van der Waals surface area contributed by atoms with E-state index in [4.69, 9.17) is 5.11 Å². The van der Waals surface area contributed by atoms with Crippen molar-refractivity contribution in [1.82, 2.24) is 15.5 Å².